The molecular weight excluding hydrogens is 274 g/mol. The SMILES string of the molecule is C#CCn1ccn(C2=CCN(Cc3ccccc3)CC2)c1=O. The van der Waals surface area contributed by atoms with E-state index >= 15 is 0 Å². The molecular formula is C18H19N3O. The maximum Gasteiger partial charge on any atom is 0.333 e. The summed E-state index contributed by atoms with van der Waals surface area (Å²) in [7, 11) is 0. The largest absolute Gasteiger partial charge is 0.333 e. The van der Waals surface area contributed by atoms with Crippen LogP contribution in [0.1, 0.15) is 12.0 Å². The van der Waals surface area contributed by atoms with Gasteiger partial charge in [-0.05, 0) is 5.56 Å². The van der Waals surface area contributed by atoms with Crippen LogP contribution in [0.25, 0.3) is 5.70 Å². The molecule has 112 valence electrons. The Balaban J connectivity index is 1.69. The van der Waals surface area contributed by atoms with E-state index in [2.05, 4.69) is 41.2 Å². The van der Waals surface area contributed by atoms with E-state index in [1.807, 2.05) is 6.07 Å². The minimum absolute atomic E-state index is 0.0549. The van der Waals surface area contributed by atoms with Crippen molar-refractivity contribution in [3.8, 4) is 12.3 Å². The lowest BCUT2D eigenvalue weighted by molar-refractivity contribution is 0.291. The maximum absolute atomic E-state index is 12.2. The zero-order valence-electron chi connectivity index (χ0n) is 12.5. The molecule has 0 bridgehead atoms. The molecule has 0 fully saturated rings. The van der Waals surface area contributed by atoms with Crippen molar-refractivity contribution in [1.82, 2.24) is 14.0 Å². The third-order valence-electron chi connectivity index (χ3n) is 3.94. The van der Waals surface area contributed by atoms with Crippen molar-refractivity contribution in [2.45, 2.75) is 19.5 Å². The number of terminal acetylenes is 1. The number of benzene rings is 1. The lowest BCUT2D eigenvalue weighted by Gasteiger charge is -2.26. The maximum atomic E-state index is 12.2. The Kier molecular flexibility index (Phi) is 4.27. The van der Waals surface area contributed by atoms with Gasteiger partial charge in [0.2, 0.25) is 0 Å². The lowest BCUT2D eigenvalue weighted by atomic mass is 10.1. The highest BCUT2D eigenvalue weighted by molar-refractivity contribution is 5.46. The minimum Gasteiger partial charge on any atom is -0.295 e. The van der Waals surface area contributed by atoms with Gasteiger partial charge >= 0.3 is 5.69 Å². The van der Waals surface area contributed by atoms with E-state index in [0.29, 0.717) is 6.54 Å². The smallest absolute Gasteiger partial charge is 0.295 e. The molecule has 0 atom stereocenters. The van der Waals surface area contributed by atoms with Crippen molar-refractivity contribution in [2.24, 2.45) is 0 Å². The van der Waals surface area contributed by atoms with Gasteiger partial charge in [-0.3, -0.25) is 14.0 Å². The van der Waals surface area contributed by atoms with Crippen LogP contribution in [0.2, 0.25) is 0 Å². The highest BCUT2D eigenvalue weighted by atomic mass is 16.1. The zero-order chi connectivity index (χ0) is 15.4. The molecule has 0 saturated carbocycles. The van der Waals surface area contributed by atoms with Crippen LogP contribution in [0.3, 0.4) is 0 Å². The van der Waals surface area contributed by atoms with Gasteiger partial charge in [0.15, 0.2) is 0 Å². The van der Waals surface area contributed by atoms with Gasteiger partial charge in [0.05, 0.1) is 6.54 Å². The number of imidazole rings is 1. The third-order valence-corrected chi connectivity index (χ3v) is 3.94. The number of hydrogen-bond acceptors (Lipinski definition) is 2. The summed E-state index contributed by atoms with van der Waals surface area (Å²) < 4.78 is 3.26. The Morgan fingerprint density at radius 1 is 1.18 bits per heavy atom. The molecule has 0 amide bonds. The van der Waals surface area contributed by atoms with E-state index in [0.717, 1.165) is 31.8 Å². The molecule has 0 spiro atoms. The van der Waals surface area contributed by atoms with Gasteiger partial charge in [-0.15, -0.1) is 6.42 Å². The average Bonchev–Trinajstić information content (AvgIpc) is 2.91. The fourth-order valence-corrected chi connectivity index (χ4v) is 2.75. The van der Waals surface area contributed by atoms with Gasteiger partial charge < -0.3 is 0 Å². The lowest BCUT2D eigenvalue weighted by Crippen LogP contribution is -2.31. The van der Waals surface area contributed by atoms with Crippen LogP contribution >= 0.6 is 0 Å². The van der Waals surface area contributed by atoms with Gasteiger partial charge in [-0.2, -0.15) is 0 Å². The summed E-state index contributed by atoms with van der Waals surface area (Å²) in [5.41, 5.74) is 2.32. The summed E-state index contributed by atoms with van der Waals surface area (Å²) in [6.45, 7) is 3.07. The third kappa shape index (κ3) is 3.05. The highest BCUT2D eigenvalue weighted by Gasteiger charge is 2.15. The summed E-state index contributed by atoms with van der Waals surface area (Å²) in [5.74, 6) is 2.50. The Morgan fingerprint density at radius 3 is 2.68 bits per heavy atom. The second-order valence-corrected chi connectivity index (χ2v) is 5.45. The van der Waals surface area contributed by atoms with Gasteiger partial charge in [-0.1, -0.05) is 42.3 Å². The number of hydrogen-bond donors (Lipinski definition) is 0. The summed E-state index contributed by atoms with van der Waals surface area (Å²) in [5, 5.41) is 0. The Morgan fingerprint density at radius 2 is 2.00 bits per heavy atom. The van der Waals surface area contributed by atoms with E-state index in [4.69, 9.17) is 6.42 Å². The van der Waals surface area contributed by atoms with Crippen LogP contribution in [0.5, 0.6) is 0 Å². The average molecular weight is 293 g/mol. The second kappa shape index (κ2) is 6.50. The zero-order valence-corrected chi connectivity index (χ0v) is 12.5. The molecule has 1 aromatic heterocycles. The molecule has 22 heavy (non-hydrogen) atoms. The van der Waals surface area contributed by atoms with Crippen molar-refractivity contribution < 1.29 is 0 Å². The first-order valence-electron chi connectivity index (χ1n) is 7.45. The van der Waals surface area contributed by atoms with Crippen molar-refractivity contribution in [2.75, 3.05) is 13.1 Å². The van der Waals surface area contributed by atoms with Crippen molar-refractivity contribution in [3.05, 3.63) is 64.8 Å². The predicted molar refractivity (Wildman–Crippen MR) is 88.1 cm³/mol. The number of rotatable bonds is 4. The number of aromatic nitrogens is 2. The van der Waals surface area contributed by atoms with E-state index in [1.54, 1.807) is 21.5 Å². The molecule has 4 nitrogen and oxygen atoms in total. The Hall–Kier alpha value is -2.51. The van der Waals surface area contributed by atoms with Gasteiger partial charge in [0, 0.05) is 44.1 Å². The van der Waals surface area contributed by atoms with Crippen LogP contribution < -0.4 is 5.69 Å². The molecule has 0 N–H and O–H groups in total. The molecule has 0 radical (unpaired) electrons. The molecule has 1 aliphatic heterocycles. The molecule has 4 heteroatoms. The molecule has 1 aliphatic rings. The molecule has 0 unspecified atom stereocenters. The molecule has 2 aromatic rings. The number of nitrogens with zero attached hydrogens (tertiary/aromatic N) is 3. The minimum atomic E-state index is -0.0549. The van der Waals surface area contributed by atoms with E-state index in [1.165, 1.54) is 5.56 Å². The van der Waals surface area contributed by atoms with Crippen molar-refractivity contribution in [3.63, 3.8) is 0 Å². The second-order valence-electron chi connectivity index (χ2n) is 5.45. The van der Waals surface area contributed by atoms with E-state index in [9.17, 15) is 4.79 Å². The van der Waals surface area contributed by atoms with Gasteiger partial charge in [0.1, 0.15) is 0 Å². The molecule has 0 aliphatic carbocycles. The fraction of sp³-hybridized carbons (Fsp3) is 0.278. The van der Waals surface area contributed by atoms with Gasteiger partial charge in [0.25, 0.3) is 0 Å². The summed E-state index contributed by atoms with van der Waals surface area (Å²) in [6.07, 6.45) is 11.8. The van der Waals surface area contributed by atoms with E-state index < -0.39 is 0 Å². The highest BCUT2D eigenvalue weighted by Crippen LogP contribution is 2.16. The van der Waals surface area contributed by atoms with Crippen molar-refractivity contribution in [1.29, 1.82) is 0 Å². The van der Waals surface area contributed by atoms with Gasteiger partial charge in [-0.25, -0.2) is 4.79 Å². The molecule has 3 rings (SSSR count). The van der Waals surface area contributed by atoms with Crippen molar-refractivity contribution >= 4 is 5.70 Å². The quantitative estimate of drug-likeness (QED) is 0.808. The standard InChI is InChI=1S/C18H19N3O/c1-2-10-20-13-14-21(18(20)22)17-8-11-19(12-9-17)15-16-6-4-3-5-7-16/h1,3-8,13-14H,9-12,15H2. The monoisotopic (exact) mass is 293 g/mol. The normalized spacial score (nSPS) is 15.3. The first-order valence-corrected chi connectivity index (χ1v) is 7.45. The van der Waals surface area contributed by atoms with E-state index in [-0.39, 0.29) is 5.69 Å². The Bertz CT molecular complexity index is 762. The summed E-state index contributed by atoms with van der Waals surface area (Å²) >= 11 is 0. The predicted octanol–water partition coefficient (Wildman–Crippen LogP) is 2.03. The van der Waals surface area contributed by atoms with Crippen LogP contribution in [0.4, 0.5) is 0 Å². The molecule has 2 heterocycles. The topological polar surface area (TPSA) is 30.2 Å². The van der Waals surface area contributed by atoms with Crippen LogP contribution in [-0.2, 0) is 13.1 Å². The first kappa shape index (κ1) is 14.4. The van der Waals surface area contributed by atoms with Crippen LogP contribution in [-0.4, -0.2) is 27.1 Å². The molecule has 1 aromatic carbocycles. The van der Waals surface area contributed by atoms with Crippen LogP contribution in [0, 0.1) is 12.3 Å². The summed E-state index contributed by atoms with van der Waals surface area (Å²) in [6, 6.07) is 10.4. The molecule has 0 saturated heterocycles. The van der Waals surface area contributed by atoms with Crippen LogP contribution in [0.15, 0.2) is 53.6 Å². The fourth-order valence-electron chi connectivity index (χ4n) is 2.75. The first-order chi connectivity index (χ1) is 10.8. The Labute approximate surface area is 130 Å². The summed E-state index contributed by atoms with van der Waals surface area (Å²) in [4.78, 5) is 14.6.